The number of ether oxygens (including phenoxy) is 2. The van der Waals surface area contributed by atoms with Gasteiger partial charge in [-0.1, -0.05) is 26.0 Å². The average Bonchev–Trinajstić information content (AvgIpc) is 2.49. The molecule has 0 atom stereocenters. The zero-order valence-electron chi connectivity index (χ0n) is 12.9. The van der Waals surface area contributed by atoms with Crippen LogP contribution in [0.15, 0.2) is 48.5 Å². The summed E-state index contributed by atoms with van der Waals surface area (Å²) in [5.74, 6) is 3.14. The van der Waals surface area contributed by atoms with Crippen LogP contribution in [0.3, 0.4) is 0 Å². The van der Waals surface area contributed by atoms with E-state index in [1.54, 1.807) is 7.11 Å². The molecule has 0 spiro atoms. The maximum absolute atomic E-state index is 5.80. The van der Waals surface area contributed by atoms with Crippen molar-refractivity contribution in [2.45, 2.75) is 20.4 Å². The molecule has 0 aromatic heterocycles. The van der Waals surface area contributed by atoms with Crippen LogP contribution in [0.5, 0.6) is 17.2 Å². The molecule has 0 heterocycles. The second-order valence-corrected chi connectivity index (χ2v) is 5.45. The third kappa shape index (κ3) is 5.12. The highest BCUT2D eigenvalue weighted by Crippen LogP contribution is 2.23. The first-order valence-electron chi connectivity index (χ1n) is 7.29. The van der Waals surface area contributed by atoms with Gasteiger partial charge in [-0.3, -0.25) is 0 Å². The van der Waals surface area contributed by atoms with Crippen molar-refractivity contribution in [3.05, 3.63) is 54.1 Å². The first-order chi connectivity index (χ1) is 10.2. The zero-order chi connectivity index (χ0) is 15.1. The maximum Gasteiger partial charge on any atom is 0.127 e. The van der Waals surface area contributed by atoms with Crippen molar-refractivity contribution in [2.24, 2.45) is 5.92 Å². The summed E-state index contributed by atoms with van der Waals surface area (Å²) in [6, 6.07) is 15.7. The summed E-state index contributed by atoms with van der Waals surface area (Å²) in [7, 11) is 1.65. The van der Waals surface area contributed by atoms with E-state index in [0.29, 0.717) is 5.92 Å². The first-order valence-corrected chi connectivity index (χ1v) is 7.29. The molecule has 3 nitrogen and oxygen atoms in total. The summed E-state index contributed by atoms with van der Waals surface area (Å²) in [6.07, 6.45) is 0. The molecule has 0 fully saturated rings. The Hall–Kier alpha value is -2.00. The molecule has 0 amide bonds. The number of hydrogen-bond acceptors (Lipinski definition) is 3. The molecule has 2 rings (SSSR count). The molecule has 0 saturated carbocycles. The van der Waals surface area contributed by atoms with Crippen molar-refractivity contribution in [3.63, 3.8) is 0 Å². The Bertz CT molecular complexity index is 532. The van der Waals surface area contributed by atoms with Gasteiger partial charge in [0.25, 0.3) is 0 Å². The highest BCUT2D eigenvalue weighted by molar-refractivity contribution is 5.36. The Balaban J connectivity index is 1.89. The summed E-state index contributed by atoms with van der Waals surface area (Å²) in [5.41, 5.74) is 1.26. The maximum atomic E-state index is 5.80. The Labute approximate surface area is 126 Å². The number of rotatable bonds is 7. The highest BCUT2D eigenvalue weighted by Gasteiger charge is 1.99. The van der Waals surface area contributed by atoms with Crippen LogP contribution in [0.4, 0.5) is 0 Å². The quantitative estimate of drug-likeness (QED) is 0.825. The summed E-state index contributed by atoms with van der Waals surface area (Å²) >= 11 is 0. The Kier molecular flexibility index (Phi) is 5.64. The van der Waals surface area contributed by atoms with Gasteiger partial charge in [0.05, 0.1) is 7.11 Å². The number of hydrogen-bond donors (Lipinski definition) is 1. The van der Waals surface area contributed by atoms with E-state index in [1.807, 2.05) is 36.4 Å². The molecule has 3 heteroatoms. The predicted molar refractivity (Wildman–Crippen MR) is 86.1 cm³/mol. The lowest BCUT2D eigenvalue weighted by Gasteiger charge is -2.09. The first kappa shape index (κ1) is 15.4. The molecule has 0 saturated heterocycles. The van der Waals surface area contributed by atoms with Gasteiger partial charge in [0, 0.05) is 6.54 Å². The number of nitrogens with one attached hydrogen (secondary N) is 1. The molecular weight excluding hydrogens is 262 g/mol. The monoisotopic (exact) mass is 285 g/mol. The molecule has 0 aliphatic heterocycles. The third-order valence-electron chi connectivity index (χ3n) is 3.10. The highest BCUT2D eigenvalue weighted by atomic mass is 16.5. The van der Waals surface area contributed by atoms with Crippen LogP contribution in [0.25, 0.3) is 0 Å². The van der Waals surface area contributed by atoms with Gasteiger partial charge >= 0.3 is 0 Å². The van der Waals surface area contributed by atoms with Gasteiger partial charge in [0.15, 0.2) is 0 Å². The van der Waals surface area contributed by atoms with Crippen LogP contribution < -0.4 is 14.8 Å². The van der Waals surface area contributed by atoms with Gasteiger partial charge < -0.3 is 14.8 Å². The second-order valence-electron chi connectivity index (χ2n) is 5.45. The van der Waals surface area contributed by atoms with E-state index >= 15 is 0 Å². The van der Waals surface area contributed by atoms with Crippen LogP contribution in [-0.2, 0) is 6.54 Å². The number of benzene rings is 2. The summed E-state index contributed by atoms with van der Waals surface area (Å²) < 4.78 is 10.9. The molecule has 0 aliphatic carbocycles. The van der Waals surface area contributed by atoms with E-state index in [1.165, 1.54) is 5.56 Å². The van der Waals surface area contributed by atoms with E-state index < -0.39 is 0 Å². The van der Waals surface area contributed by atoms with Crippen LogP contribution in [-0.4, -0.2) is 13.7 Å². The average molecular weight is 285 g/mol. The van der Waals surface area contributed by atoms with Gasteiger partial charge in [0.1, 0.15) is 17.2 Å². The van der Waals surface area contributed by atoms with Crippen molar-refractivity contribution in [1.82, 2.24) is 5.32 Å². The largest absolute Gasteiger partial charge is 0.497 e. The lowest BCUT2D eigenvalue weighted by molar-refractivity contribution is 0.413. The molecule has 21 heavy (non-hydrogen) atoms. The van der Waals surface area contributed by atoms with E-state index in [-0.39, 0.29) is 0 Å². The van der Waals surface area contributed by atoms with Crippen molar-refractivity contribution in [3.8, 4) is 17.2 Å². The van der Waals surface area contributed by atoms with E-state index in [2.05, 4.69) is 31.3 Å². The minimum absolute atomic E-state index is 0.669. The van der Waals surface area contributed by atoms with Crippen molar-refractivity contribution < 1.29 is 9.47 Å². The Morgan fingerprint density at radius 1 is 0.857 bits per heavy atom. The van der Waals surface area contributed by atoms with Crippen molar-refractivity contribution in [2.75, 3.05) is 13.7 Å². The van der Waals surface area contributed by atoms with Crippen LogP contribution in [0.2, 0.25) is 0 Å². The normalized spacial score (nSPS) is 10.7. The van der Waals surface area contributed by atoms with Gasteiger partial charge in [-0.2, -0.15) is 0 Å². The summed E-state index contributed by atoms with van der Waals surface area (Å²) in [4.78, 5) is 0. The molecular formula is C18H23NO2. The predicted octanol–water partition coefficient (Wildman–Crippen LogP) is 4.23. The van der Waals surface area contributed by atoms with Gasteiger partial charge in [0.2, 0.25) is 0 Å². The summed E-state index contributed by atoms with van der Waals surface area (Å²) in [5, 5.41) is 3.43. The minimum atomic E-state index is 0.669. The number of methoxy groups -OCH3 is 1. The van der Waals surface area contributed by atoms with Gasteiger partial charge in [-0.25, -0.2) is 0 Å². The molecule has 0 radical (unpaired) electrons. The van der Waals surface area contributed by atoms with Crippen molar-refractivity contribution in [1.29, 1.82) is 0 Å². The fraction of sp³-hybridized carbons (Fsp3) is 0.333. The van der Waals surface area contributed by atoms with E-state index in [4.69, 9.17) is 9.47 Å². The standard InChI is InChI=1S/C18H23NO2/c1-14(2)12-19-13-15-4-6-17(7-5-15)21-18-10-8-16(20-3)9-11-18/h4-11,14,19H,12-13H2,1-3H3. The molecule has 112 valence electrons. The third-order valence-corrected chi connectivity index (χ3v) is 3.10. The lowest BCUT2D eigenvalue weighted by Crippen LogP contribution is -2.18. The smallest absolute Gasteiger partial charge is 0.127 e. The topological polar surface area (TPSA) is 30.5 Å². The molecule has 0 aliphatic rings. The molecule has 2 aromatic rings. The lowest BCUT2D eigenvalue weighted by atomic mass is 10.2. The SMILES string of the molecule is COc1ccc(Oc2ccc(CNCC(C)C)cc2)cc1. The minimum Gasteiger partial charge on any atom is -0.497 e. The second kappa shape index (κ2) is 7.70. The van der Waals surface area contributed by atoms with E-state index in [0.717, 1.165) is 30.3 Å². The molecule has 2 aromatic carbocycles. The zero-order valence-corrected chi connectivity index (χ0v) is 12.9. The molecule has 0 unspecified atom stereocenters. The molecule has 1 N–H and O–H groups in total. The van der Waals surface area contributed by atoms with Crippen LogP contribution >= 0.6 is 0 Å². The Morgan fingerprint density at radius 3 is 1.90 bits per heavy atom. The Morgan fingerprint density at radius 2 is 1.38 bits per heavy atom. The van der Waals surface area contributed by atoms with Crippen molar-refractivity contribution >= 4 is 0 Å². The van der Waals surface area contributed by atoms with Gasteiger partial charge in [-0.15, -0.1) is 0 Å². The van der Waals surface area contributed by atoms with Crippen LogP contribution in [0.1, 0.15) is 19.4 Å². The molecule has 0 bridgehead atoms. The van der Waals surface area contributed by atoms with E-state index in [9.17, 15) is 0 Å². The summed E-state index contributed by atoms with van der Waals surface area (Å²) in [6.45, 7) is 6.34. The fourth-order valence-electron chi connectivity index (χ4n) is 1.96. The van der Waals surface area contributed by atoms with Crippen LogP contribution in [0, 0.1) is 5.92 Å². The fourth-order valence-corrected chi connectivity index (χ4v) is 1.96. The van der Waals surface area contributed by atoms with Gasteiger partial charge in [-0.05, 0) is 54.4 Å².